The Morgan fingerprint density at radius 2 is 2.04 bits per heavy atom. The van der Waals surface area contributed by atoms with Crippen LogP contribution in [-0.4, -0.2) is 16.7 Å². The highest BCUT2D eigenvalue weighted by Crippen LogP contribution is 2.25. The molecule has 1 heterocycles. The Morgan fingerprint density at radius 1 is 1.35 bits per heavy atom. The van der Waals surface area contributed by atoms with Gasteiger partial charge in [0.15, 0.2) is 5.82 Å². The molecule has 0 aromatic carbocycles. The fraction of sp³-hybridized carbons (Fsp3) is 0.556. The minimum absolute atomic E-state index is 0.343. The summed E-state index contributed by atoms with van der Waals surface area (Å²) in [5, 5.41) is 3.12. The fourth-order valence-electron chi connectivity index (χ4n) is 2.47. The zero-order chi connectivity index (χ0) is 16.9. The summed E-state index contributed by atoms with van der Waals surface area (Å²) in [6.45, 7) is 5.42. The molecule has 4 nitrogen and oxygen atoms in total. The highest BCUT2D eigenvalue weighted by molar-refractivity contribution is 6.32. The van der Waals surface area contributed by atoms with E-state index in [1.165, 1.54) is 19.3 Å². The van der Waals surface area contributed by atoms with Crippen molar-refractivity contribution < 1.29 is 9.53 Å². The number of ether oxygens (including phenoxy) is 1. The Hall–Kier alpha value is -1.73. The number of hydrogen-bond acceptors (Lipinski definition) is 3. The van der Waals surface area contributed by atoms with Crippen molar-refractivity contribution in [2.24, 2.45) is 5.92 Å². The van der Waals surface area contributed by atoms with Gasteiger partial charge in [-0.3, -0.25) is 5.32 Å². The highest BCUT2D eigenvalue weighted by Gasteiger charge is 2.18. The third kappa shape index (κ3) is 5.76. The first-order chi connectivity index (χ1) is 10.8. The third-order valence-corrected chi connectivity index (χ3v) is 3.84. The maximum absolute atomic E-state index is 11.9. The van der Waals surface area contributed by atoms with E-state index in [1.807, 2.05) is 20.8 Å². The molecule has 0 atom stereocenters. The molecule has 1 fully saturated rings. The first-order valence-corrected chi connectivity index (χ1v) is 8.39. The zero-order valence-corrected chi connectivity index (χ0v) is 14.7. The number of nitrogens with zero attached hydrogens (tertiary/aromatic N) is 1. The Balaban J connectivity index is 2.16. The molecular weight excluding hydrogens is 312 g/mol. The van der Waals surface area contributed by atoms with Crippen LogP contribution in [0.5, 0.6) is 0 Å². The van der Waals surface area contributed by atoms with Gasteiger partial charge in [-0.05, 0) is 39.7 Å². The third-order valence-electron chi connectivity index (χ3n) is 3.53. The molecule has 0 radical (unpaired) electrons. The average molecular weight is 335 g/mol. The predicted octanol–water partition coefficient (Wildman–Crippen LogP) is 5.01. The number of halogens is 1. The number of pyridine rings is 1. The van der Waals surface area contributed by atoms with Crippen molar-refractivity contribution in [3.63, 3.8) is 0 Å². The minimum atomic E-state index is -0.573. The lowest BCUT2D eigenvalue weighted by Gasteiger charge is -2.19. The van der Waals surface area contributed by atoms with Gasteiger partial charge >= 0.3 is 6.09 Å². The summed E-state index contributed by atoms with van der Waals surface area (Å²) in [5.74, 6) is 7.12. The monoisotopic (exact) mass is 334 g/mol. The smallest absolute Gasteiger partial charge is 0.413 e. The quantitative estimate of drug-likeness (QED) is 0.734. The molecule has 0 bridgehead atoms. The molecule has 0 unspecified atom stereocenters. The molecule has 0 aliphatic heterocycles. The average Bonchev–Trinajstić information content (AvgIpc) is 2.45. The van der Waals surface area contributed by atoms with Crippen LogP contribution >= 0.6 is 11.6 Å². The van der Waals surface area contributed by atoms with Crippen LogP contribution in [0.25, 0.3) is 0 Å². The van der Waals surface area contributed by atoms with Crippen LogP contribution in [0.1, 0.15) is 58.4 Å². The molecule has 0 spiro atoms. The van der Waals surface area contributed by atoms with E-state index in [-0.39, 0.29) is 0 Å². The van der Waals surface area contributed by atoms with Gasteiger partial charge in [-0.25, -0.2) is 9.78 Å². The van der Waals surface area contributed by atoms with Crippen molar-refractivity contribution in [3.05, 3.63) is 22.8 Å². The van der Waals surface area contributed by atoms with Crippen LogP contribution in [0, 0.1) is 17.8 Å². The van der Waals surface area contributed by atoms with E-state index in [4.69, 9.17) is 16.3 Å². The van der Waals surface area contributed by atoms with Crippen molar-refractivity contribution >= 4 is 23.5 Å². The molecule has 2 rings (SSSR count). The molecular formula is C18H23ClN2O2. The molecule has 124 valence electrons. The highest BCUT2D eigenvalue weighted by atomic mass is 35.5. The number of amides is 1. The van der Waals surface area contributed by atoms with Gasteiger partial charge in [0.2, 0.25) is 0 Å². The second-order valence-electron chi connectivity index (χ2n) is 6.75. The van der Waals surface area contributed by atoms with Gasteiger partial charge in [-0.2, -0.15) is 0 Å². The number of hydrogen-bond donors (Lipinski definition) is 1. The van der Waals surface area contributed by atoms with Gasteiger partial charge in [0, 0.05) is 12.1 Å². The Kier molecular flexibility index (Phi) is 5.90. The van der Waals surface area contributed by atoms with Crippen molar-refractivity contribution in [2.75, 3.05) is 5.32 Å². The number of aromatic nitrogens is 1. The summed E-state index contributed by atoms with van der Waals surface area (Å²) in [5.41, 5.74) is -0.0260. The van der Waals surface area contributed by atoms with Crippen molar-refractivity contribution in [1.29, 1.82) is 0 Å². The lowest BCUT2D eigenvalue weighted by atomic mass is 9.90. The number of anilines is 1. The van der Waals surface area contributed by atoms with Gasteiger partial charge in [0.05, 0.1) is 10.6 Å². The molecule has 5 heteroatoms. The van der Waals surface area contributed by atoms with Gasteiger partial charge in [-0.15, -0.1) is 0 Å². The van der Waals surface area contributed by atoms with Crippen molar-refractivity contribution in [1.82, 2.24) is 4.98 Å². The van der Waals surface area contributed by atoms with E-state index in [1.54, 1.807) is 12.3 Å². The van der Waals surface area contributed by atoms with Crippen LogP contribution in [0.4, 0.5) is 10.6 Å². The van der Waals surface area contributed by atoms with E-state index in [0.29, 0.717) is 22.3 Å². The first-order valence-electron chi connectivity index (χ1n) is 8.01. The fourth-order valence-corrected chi connectivity index (χ4v) is 2.67. The molecule has 1 aliphatic carbocycles. The summed E-state index contributed by atoms with van der Waals surface area (Å²) < 4.78 is 5.25. The lowest BCUT2D eigenvalue weighted by molar-refractivity contribution is 0.0635. The maximum atomic E-state index is 11.9. The van der Waals surface area contributed by atoms with E-state index in [2.05, 4.69) is 22.1 Å². The predicted molar refractivity (Wildman–Crippen MR) is 92.6 cm³/mol. The van der Waals surface area contributed by atoms with E-state index in [9.17, 15) is 4.79 Å². The van der Waals surface area contributed by atoms with Crippen LogP contribution < -0.4 is 5.32 Å². The van der Waals surface area contributed by atoms with Crippen molar-refractivity contribution in [2.45, 2.75) is 58.5 Å². The summed E-state index contributed by atoms with van der Waals surface area (Å²) >= 11 is 6.23. The minimum Gasteiger partial charge on any atom is -0.444 e. The second-order valence-corrected chi connectivity index (χ2v) is 7.15. The summed E-state index contributed by atoms with van der Waals surface area (Å²) in [4.78, 5) is 16.1. The summed E-state index contributed by atoms with van der Waals surface area (Å²) in [7, 11) is 0. The summed E-state index contributed by atoms with van der Waals surface area (Å²) in [6, 6.07) is 1.67. The maximum Gasteiger partial charge on any atom is 0.413 e. The van der Waals surface area contributed by atoms with E-state index in [0.717, 1.165) is 12.8 Å². The molecule has 1 N–H and O–H groups in total. The summed E-state index contributed by atoms with van der Waals surface area (Å²) in [6.07, 6.45) is 6.97. The van der Waals surface area contributed by atoms with Gasteiger partial charge in [0.1, 0.15) is 5.60 Å². The van der Waals surface area contributed by atoms with Crippen molar-refractivity contribution in [3.8, 4) is 11.8 Å². The molecule has 23 heavy (non-hydrogen) atoms. The van der Waals surface area contributed by atoms with Gasteiger partial charge < -0.3 is 4.74 Å². The van der Waals surface area contributed by atoms with Gasteiger partial charge in [0.25, 0.3) is 0 Å². The number of rotatable bonds is 1. The Labute approximate surface area is 143 Å². The number of nitrogens with one attached hydrogen (secondary N) is 1. The Morgan fingerprint density at radius 3 is 2.70 bits per heavy atom. The van der Waals surface area contributed by atoms with Crippen LogP contribution in [0.15, 0.2) is 12.3 Å². The molecule has 1 saturated carbocycles. The Bertz CT molecular complexity index is 620. The number of carbonyl (C=O) groups excluding carboxylic acids is 1. The molecule has 1 aromatic rings. The van der Waals surface area contributed by atoms with Crippen LogP contribution in [0.3, 0.4) is 0 Å². The van der Waals surface area contributed by atoms with E-state index < -0.39 is 11.7 Å². The standard InChI is InChI=1S/C18H23ClN2O2/c1-18(2,3)23-17(22)21-16-14(15(19)11-12-20-16)10-9-13-7-5-4-6-8-13/h11-13H,4-8H2,1-3H3,(H,20,21,22). The van der Waals surface area contributed by atoms with Crippen LogP contribution in [0.2, 0.25) is 5.02 Å². The lowest BCUT2D eigenvalue weighted by Crippen LogP contribution is -2.27. The zero-order valence-electron chi connectivity index (χ0n) is 13.9. The largest absolute Gasteiger partial charge is 0.444 e. The number of carbonyl (C=O) groups is 1. The molecule has 0 saturated heterocycles. The van der Waals surface area contributed by atoms with E-state index >= 15 is 0 Å². The molecule has 1 aromatic heterocycles. The molecule has 1 amide bonds. The second kappa shape index (κ2) is 7.70. The molecule has 1 aliphatic rings. The van der Waals surface area contributed by atoms with Crippen LogP contribution in [-0.2, 0) is 4.74 Å². The van der Waals surface area contributed by atoms with Gasteiger partial charge in [-0.1, -0.05) is 42.7 Å². The SMILES string of the molecule is CC(C)(C)OC(=O)Nc1nccc(Cl)c1C#CC1CCCCC1. The topological polar surface area (TPSA) is 51.2 Å². The normalized spacial score (nSPS) is 15.5. The first kappa shape index (κ1) is 17.6.